The fraction of sp³-hybridized carbons (Fsp3) is 0.188. The molecule has 2 heteroatoms. The molecule has 0 aliphatic heterocycles. The Morgan fingerprint density at radius 3 is 1.00 bits per heavy atom. The first-order chi connectivity index (χ1) is 31.9. The van der Waals surface area contributed by atoms with Crippen LogP contribution < -0.4 is 9.80 Å². The Balaban J connectivity index is 1.34. The topological polar surface area (TPSA) is 6.48 Å². The number of para-hydroxylation sites is 2. The molecule has 326 valence electrons. The van der Waals surface area contributed by atoms with E-state index in [1.807, 2.05) is 0 Å². The summed E-state index contributed by atoms with van der Waals surface area (Å²) >= 11 is 0. The number of benzene rings is 10. The molecule has 10 aromatic carbocycles. The zero-order valence-electron chi connectivity index (χ0n) is 40.2. The van der Waals surface area contributed by atoms with Crippen LogP contribution in [-0.2, 0) is 0 Å². The summed E-state index contributed by atoms with van der Waals surface area (Å²) in [6.07, 6.45) is 0. The molecule has 10 aromatic rings. The molecule has 0 heterocycles. The first kappa shape index (κ1) is 42.8. The summed E-state index contributed by atoms with van der Waals surface area (Å²) < 4.78 is 0. The van der Waals surface area contributed by atoms with E-state index in [9.17, 15) is 0 Å². The molecule has 0 radical (unpaired) electrons. The van der Waals surface area contributed by atoms with Gasteiger partial charge in [-0.25, -0.2) is 0 Å². The third-order valence-electron chi connectivity index (χ3n) is 14.2. The number of aryl methyl sites for hydroxylation is 4. The molecular formula is C64H60N2. The van der Waals surface area contributed by atoms with Crippen molar-refractivity contribution in [1.82, 2.24) is 0 Å². The maximum absolute atomic E-state index is 2.59. The molecule has 10 rings (SSSR count). The van der Waals surface area contributed by atoms with Gasteiger partial charge in [0.05, 0.1) is 22.7 Å². The monoisotopic (exact) mass is 856 g/mol. The van der Waals surface area contributed by atoms with E-state index < -0.39 is 0 Å². The molecule has 0 aliphatic rings. The summed E-state index contributed by atoms with van der Waals surface area (Å²) in [6, 6.07) is 63.6. The molecule has 2 nitrogen and oxygen atoms in total. The Bertz CT molecular complexity index is 3160. The minimum Gasteiger partial charge on any atom is -0.309 e. The van der Waals surface area contributed by atoms with E-state index in [0.717, 1.165) is 0 Å². The van der Waals surface area contributed by atoms with Crippen molar-refractivity contribution >= 4 is 66.4 Å². The molecule has 0 N–H and O–H groups in total. The fourth-order valence-electron chi connectivity index (χ4n) is 11.0. The largest absolute Gasteiger partial charge is 0.309 e. The Kier molecular flexibility index (Phi) is 11.0. The Morgan fingerprint density at radius 1 is 0.318 bits per heavy atom. The van der Waals surface area contributed by atoms with E-state index in [0.29, 0.717) is 0 Å². The van der Waals surface area contributed by atoms with E-state index in [1.165, 1.54) is 133 Å². The molecule has 0 bridgehead atoms. The van der Waals surface area contributed by atoms with Crippen molar-refractivity contribution in [3.8, 4) is 22.3 Å². The minimum absolute atomic E-state index is 0.281. The summed E-state index contributed by atoms with van der Waals surface area (Å²) in [5.74, 6) is 0.562. The number of rotatable bonds is 10. The highest BCUT2D eigenvalue weighted by atomic mass is 15.2. The average molecular weight is 857 g/mol. The van der Waals surface area contributed by atoms with Gasteiger partial charge in [0.1, 0.15) is 0 Å². The van der Waals surface area contributed by atoms with Gasteiger partial charge in [0.15, 0.2) is 0 Å². The van der Waals surface area contributed by atoms with Gasteiger partial charge in [-0.15, -0.1) is 0 Å². The second kappa shape index (κ2) is 17.0. The van der Waals surface area contributed by atoms with E-state index >= 15 is 0 Å². The number of nitrogens with zero attached hydrogens (tertiary/aromatic N) is 2. The number of hydrogen-bond acceptors (Lipinski definition) is 2. The zero-order chi connectivity index (χ0) is 46.0. The SMILES string of the molecule is Cc1cccc(C)c1N(c1cccc(-c2ccccc2)c1C)c1cc(C(C)C)c2ccc3c(N(c4cccc(-c5ccccc5)c4C)c4c(C)cccc4C)cc(C(C)C)c4ccc1c2c43. The van der Waals surface area contributed by atoms with Crippen LogP contribution in [0.25, 0.3) is 54.6 Å². The van der Waals surface area contributed by atoms with Crippen LogP contribution in [0.3, 0.4) is 0 Å². The molecule has 66 heavy (non-hydrogen) atoms. The molecule has 0 aliphatic carbocycles. The minimum atomic E-state index is 0.281. The third kappa shape index (κ3) is 7.02. The summed E-state index contributed by atoms with van der Waals surface area (Å²) in [5, 5.41) is 7.83. The van der Waals surface area contributed by atoms with Crippen LogP contribution in [0, 0.1) is 41.5 Å². The quantitative estimate of drug-likeness (QED) is 0.126. The molecule has 0 atom stereocenters. The van der Waals surface area contributed by atoms with Crippen LogP contribution in [0.5, 0.6) is 0 Å². The smallest absolute Gasteiger partial charge is 0.0543 e. The molecular weight excluding hydrogens is 797 g/mol. The van der Waals surface area contributed by atoms with Crippen LogP contribution in [-0.4, -0.2) is 0 Å². The molecule has 0 saturated heterocycles. The molecule has 0 fully saturated rings. The lowest BCUT2D eigenvalue weighted by molar-refractivity contribution is 0.875. The van der Waals surface area contributed by atoms with Gasteiger partial charge in [0.25, 0.3) is 0 Å². The summed E-state index contributed by atoms with van der Waals surface area (Å²) in [5.41, 5.74) is 22.4. The normalized spacial score (nSPS) is 11.8. The van der Waals surface area contributed by atoms with Gasteiger partial charge < -0.3 is 9.80 Å². The third-order valence-corrected chi connectivity index (χ3v) is 14.2. The van der Waals surface area contributed by atoms with Crippen molar-refractivity contribution in [3.05, 3.63) is 214 Å². The first-order valence-corrected chi connectivity index (χ1v) is 23.8. The van der Waals surface area contributed by atoms with Crippen LogP contribution in [0.2, 0.25) is 0 Å². The highest BCUT2D eigenvalue weighted by Gasteiger charge is 2.29. The van der Waals surface area contributed by atoms with Crippen LogP contribution >= 0.6 is 0 Å². The lowest BCUT2D eigenvalue weighted by atomic mass is 9.83. The van der Waals surface area contributed by atoms with E-state index in [2.05, 4.69) is 249 Å². The molecule has 0 spiro atoms. The lowest BCUT2D eigenvalue weighted by Gasteiger charge is -2.34. The van der Waals surface area contributed by atoms with Gasteiger partial charge in [-0.05, 0) is 166 Å². The van der Waals surface area contributed by atoms with Crippen molar-refractivity contribution in [2.45, 2.75) is 81.1 Å². The maximum atomic E-state index is 2.59. The highest BCUT2D eigenvalue weighted by Crippen LogP contribution is 2.53. The Morgan fingerprint density at radius 2 is 0.652 bits per heavy atom. The fourth-order valence-corrected chi connectivity index (χ4v) is 11.0. The van der Waals surface area contributed by atoms with Crippen molar-refractivity contribution in [1.29, 1.82) is 0 Å². The second-order valence-corrected chi connectivity index (χ2v) is 19.1. The van der Waals surface area contributed by atoms with Crippen molar-refractivity contribution in [2.24, 2.45) is 0 Å². The highest BCUT2D eigenvalue weighted by molar-refractivity contribution is 6.29. The summed E-state index contributed by atoms with van der Waals surface area (Å²) in [7, 11) is 0. The zero-order valence-corrected chi connectivity index (χ0v) is 40.2. The number of anilines is 6. The molecule has 0 unspecified atom stereocenters. The standard InChI is InChI=1S/C64H60N2/c1-39(2)55-37-59(65(63-41(5)21-17-22-42(63)6)57-31-19-29-49(45(57)9)47-25-13-11-14-26-47)53-36-34-52-56(40(3)4)38-60(54-35-33-51(55)61(53)62(52)54)66(64-43(7)23-18-24-44(64)8)58-32-20-30-50(46(58)10)48-27-15-12-16-28-48/h11-40H,1-10H3. The van der Waals surface area contributed by atoms with Gasteiger partial charge in [-0.3, -0.25) is 0 Å². The van der Waals surface area contributed by atoms with Crippen molar-refractivity contribution < 1.29 is 0 Å². The number of hydrogen-bond donors (Lipinski definition) is 0. The summed E-state index contributed by atoms with van der Waals surface area (Å²) in [4.78, 5) is 5.19. The van der Waals surface area contributed by atoms with Gasteiger partial charge >= 0.3 is 0 Å². The maximum Gasteiger partial charge on any atom is 0.0543 e. The second-order valence-electron chi connectivity index (χ2n) is 19.1. The van der Waals surface area contributed by atoms with Crippen molar-refractivity contribution in [3.63, 3.8) is 0 Å². The molecule has 0 saturated carbocycles. The Labute approximate surface area is 392 Å². The molecule has 0 aromatic heterocycles. The van der Waals surface area contributed by atoms with Crippen LogP contribution in [0.4, 0.5) is 34.1 Å². The molecule has 0 amide bonds. The average Bonchev–Trinajstić information content (AvgIpc) is 3.31. The first-order valence-electron chi connectivity index (χ1n) is 23.8. The van der Waals surface area contributed by atoms with Crippen LogP contribution in [0.1, 0.15) is 84.0 Å². The van der Waals surface area contributed by atoms with Gasteiger partial charge in [-0.2, -0.15) is 0 Å². The van der Waals surface area contributed by atoms with E-state index in [4.69, 9.17) is 0 Å². The van der Waals surface area contributed by atoms with Gasteiger partial charge in [0.2, 0.25) is 0 Å². The predicted octanol–water partition coefficient (Wildman–Crippen LogP) is 19.0. The predicted molar refractivity (Wildman–Crippen MR) is 287 cm³/mol. The van der Waals surface area contributed by atoms with Crippen molar-refractivity contribution in [2.75, 3.05) is 9.80 Å². The van der Waals surface area contributed by atoms with E-state index in [-0.39, 0.29) is 11.8 Å². The lowest BCUT2D eigenvalue weighted by Crippen LogP contribution is -2.16. The van der Waals surface area contributed by atoms with Crippen LogP contribution in [0.15, 0.2) is 170 Å². The van der Waals surface area contributed by atoms with E-state index in [1.54, 1.807) is 0 Å². The van der Waals surface area contributed by atoms with Gasteiger partial charge in [-0.1, -0.05) is 173 Å². The summed E-state index contributed by atoms with van der Waals surface area (Å²) in [6.45, 7) is 23.1. The Hall–Kier alpha value is -7.16. The van der Waals surface area contributed by atoms with Gasteiger partial charge in [0, 0.05) is 22.1 Å².